The van der Waals surface area contributed by atoms with Crippen LogP contribution in [0.5, 0.6) is 5.75 Å². The van der Waals surface area contributed by atoms with E-state index in [2.05, 4.69) is 26.6 Å². The molecule has 1 aromatic carbocycles. The number of rotatable bonds is 4. The van der Waals surface area contributed by atoms with Crippen molar-refractivity contribution >= 4 is 21.8 Å². The van der Waals surface area contributed by atoms with E-state index in [-0.39, 0.29) is 11.4 Å². The van der Waals surface area contributed by atoms with Gasteiger partial charge in [0.1, 0.15) is 11.9 Å². The van der Waals surface area contributed by atoms with E-state index in [1.807, 2.05) is 18.2 Å². The molecule has 1 amide bonds. The van der Waals surface area contributed by atoms with Gasteiger partial charge in [0.2, 0.25) is 0 Å². The van der Waals surface area contributed by atoms with Crippen LogP contribution in [0.1, 0.15) is 18.4 Å². The number of carbonyl (C=O) groups is 1. The molecule has 21 heavy (non-hydrogen) atoms. The summed E-state index contributed by atoms with van der Waals surface area (Å²) in [5, 5.41) is 6.33. The Bertz CT molecular complexity index is 536. The average Bonchev–Trinajstić information content (AvgIpc) is 3.25. The highest BCUT2D eigenvalue weighted by Gasteiger charge is 2.46. The minimum Gasteiger partial charge on any atom is -0.496 e. The normalized spacial score (nSPS) is 22.9. The summed E-state index contributed by atoms with van der Waals surface area (Å²) in [6.45, 7) is 1.71. The fourth-order valence-corrected chi connectivity index (χ4v) is 3.03. The lowest BCUT2D eigenvalue weighted by molar-refractivity contribution is -0.136. The van der Waals surface area contributed by atoms with E-state index < -0.39 is 6.10 Å². The highest BCUT2D eigenvalue weighted by Crippen LogP contribution is 2.37. The quantitative estimate of drug-likeness (QED) is 0.861. The summed E-state index contributed by atoms with van der Waals surface area (Å²) in [5.41, 5.74) is 1.19. The number of ether oxygens (including phenoxy) is 2. The second kappa shape index (κ2) is 5.94. The molecule has 5 nitrogen and oxygen atoms in total. The Morgan fingerprint density at radius 1 is 1.57 bits per heavy atom. The van der Waals surface area contributed by atoms with E-state index in [0.29, 0.717) is 19.7 Å². The van der Waals surface area contributed by atoms with Crippen molar-refractivity contribution in [1.82, 2.24) is 10.6 Å². The van der Waals surface area contributed by atoms with Crippen LogP contribution >= 0.6 is 15.9 Å². The zero-order valence-electron chi connectivity index (χ0n) is 11.9. The van der Waals surface area contributed by atoms with E-state index in [1.165, 1.54) is 0 Å². The molecule has 0 aromatic heterocycles. The maximum Gasteiger partial charge on any atom is 0.250 e. The SMILES string of the molecule is COc1ccc(CNC(=O)C2CNC3(CC3)CO2)cc1Br. The van der Waals surface area contributed by atoms with Gasteiger partial charge in [-0.15, -0.1) is 0 Å². The Labute approximate surface area is 132 Å². The first-order chi connectivity index (χ1) is 10.1. The molecule has 1 spiro atoms. The van der Waals surface area contributed by atoms with Crippen LogP contribution < -0.4 is 15.4 Å². The van der Waals surface area contributed by atoms with Gasteiger partial charge in [-0.1, -0.05) is 6.07 Å². The first-order valence-corrected chi connectivity index (χ1v) is 7.88. The van der Waals surface area contributed by atoms with Crippen molar-refractivity contribution < 1.29 is 14.3 Å². The van der Waals surface area contributed by atoms with Crippen molar-refractivity contribution in [2.24, 2.45) is 0 Å². The largest absolute Gasteiger partial charge is 0.496 e. The highest BCUT2D eigenvalue weighted by molar-refractivity contribution is 9.10. The molecule has 1 heterocycles. The number of hydrogen-bond acceptors (Lipinski definition) is 4. The lowest BCUT2D eigenvalue weighted by atomic mass is 10.2. The third kappa shape index (κ3) is 3.39. The smallest absolute Gasteiger partial charge is 0.250 e. The summed E-state index contributed by atoms with van der Waals surface area (Å²) < 4.78 is 11.7. The van der Waals surface area contributed by atoms with Crippen molar-refractivity contribution in [3.05, 3.63) is 28.2 Å². The number of methoxy groups -OCH3 is 1. The molecule has 0 radical (unpaired) electrons. The van der Waals surface area contributed by atoms with Crippen LogP contribution in [0.3, 0.4) is 0 Å². The molecule has 1 unspecified atom stereocenters. The molecule has 1 saturated carbocycles. The molecule has 1 saturated heterocycles. The van der Waals surface area contributed by atoms with Crippen LogP contribution in [0.15, 0.2) is 22.7 Å². The first-order valence-electron chi connectivity index (χ1n) is 7.09. The predicted octanol–water partition coefficient (Wildman–Crippen LogP) is 1.59. The molecule has 6 heteroatoms. The summed E-state index contributed by atoms with van der Waals surface area (Å²) in [7, 11) is 1.63. The molecule has 2 N–H and O–H groups in total. The van der Waals surface area contributed by atoms with Crippen molar-refractivity contribution in [2.45, 2.75) is 31.0 Å². The average molecular weight is 355 g/mol. The third-order valence-electron chi connectivity index (χ3n) is 4.05. The second-order valence-corrected chi connectivity index (χ2v) is 6.50. The highest BCUT2D eigenvalue weighted by atomic mass is 79.9. The van der Waals surface area contributed by atoms with Gasteiger partial charge in [-0.3, -0.25) is 4.79 Å². The lowest BCUT2D eigenvalue weighted by Crippen LogP contribution is -2.53. The zero-order valence-corrected chi connectivity index (χ0v) is 13.5. The van der Waals surface area contributed by atoms with Crippen LogP contribution in [0.2, 0.25) is 0 Å². The van der Waals surface area contributed by atoms with Crippen molar-refractivity contribution in [2.75, 3.05) is 20.3 Å². The predicted molar refractivity (Wildman–Crippen MR) is 82.2 cm³/mol. The van der Waals surface area contributed by atoms with E-state index in [0.717, 1.165) is 28.6 Å². The molecule has 1 aromatic rings. The van der Waals surface area contributed by atoms with Crippen LogP contribution in [0.25, 0.3) is 0 Å². The van der Waals surface area contributed by atoms with E-state index in [9.17, 15) is 4.79 Å². The number of halogens is 1. The van der Waals surface area contributed by atoms with Gasteiger partial charge in [-0.2, -0.15) is 0 Å². The van der Waals surface area contributed by atoms with Gasteiger partial charge < -0.3 is 20.1 Å². The molecule has 3 rings (SSSR count). The van der Waals surface area contributed by atoms with Crippen LogP contribution in [0, 0.1) is 0 Å². The standard InChI is InChI=1S/C15H19BrN2O3/c1-20-12-3-2-10(6-11(12)16)7-17-14(19)13-8-18-15(4-5-15)9-21-13/h2-3,6,13,18H,4-5,7-9H2,1H3,(H,17,19). The van der Waals surface area contributed by atoms with E-state index in [4.69, 9.17) is 9.47 Å². The number of morpholine rings is 1. The Morgan fingerprint density at radius 2 is 2.38 bits per heavy atom. The maximum atomic E-state index is 12.1. The van der Waals surface area contributed by atoms with Crippen molar-refractivity contribution in [3.8, 4) is 5.75 Å². The van der Waals surface area contributed by atoms with E-state index >= 15 is 0 Å². The van der Waals surface area contributed by atoms with Gasteiger partial charge in [-0.05, 0) is 46.5 Å². The maximum absolute atomic E-state index is 12.1. The first kappa shape index (κ1) is 14.8. The molecule has 2 fully saturated rings. The van der Waals surface area contributed by atoms with Gasteiger partial charge in [0.25, 0.3) is 5.91 Å². The number of nitrogens with one attached hydrogen (secondary N) is 2. The van der Waals surface area contributed by atoms with Gasteiger partial charge in [0.15, 0.2) is 0 Å². The lowest BCUT2D eigenvalue weighted by Gasteiger charge is -2.29. The number of hydrogen-bond donors (Lipinski definition) is 2. The summed E-state index contributed by atoms with van der Waals surface area (Å²) in [5.74, 6) is 0.713. The molecule has 1 aliphatic heterocycles. The molecule has 1 aliphatic carbocycles. The fraction of sp³-hybridized carbons (Fsp3) is 0.533. The topological polar surface area (TPSA) is 59.6 Å². The van der Waals surface area contributed by atoms with Gasteiger partial charge >= 0.3 is 0 Å². The van der Waals surface area contributed by atoms with Crippen molar-refractivity contribution in [3.63, 3.8) is 0 Å². The molecule has 0 bridgehead atoms. The summed E-state index contributed by atoms with van der Waals surface area (Å²) >= 11 is 3.44. The molecule has 2 aliphatic rings. The monoisotopic (exact) mass is 354 g/mol. The Hall–Kier alpha value is -1.11. The molecular formula is C15H19BrN2O3. The van der Waals surface area contributed by atoms with Gasteiger partial charge in [0.05, 0.1) is 18.2 Å². The molecular weight excluding hydrogens is 336 g/mol. The number of carbonyl (C=O) groups excluding carboxylic acids is 1. The fourth-order valence-electron chi connectivity index (χ4n) is 2.44. The second-order valence-electron chi connectivity index (χ2n) is 5.65. The van der Waals surface area contributed by atoms with Crippen LogP contribution in [0.4, 0.5) is 0 Å². The Morgan fingerprint density at radius 3 is 2.95 bits per heavy atom. The van der Waals surface area contributed by atoms with Gasteiger partial charge in [-0.25, -0.2) is 0 Å². The minimum atomic E-state index is -0.391. The Balaban J connectivity index is 1.50. The minimum absolute atomic E-state index is 0.0649. The Kier molecular flexibility index (Phi) is 4.19. The number of benzene rings is 1. The van der Waals surface area contributed by atoms with Crippen molar-refractivity contribution in [1.29, 1.82) is 0 Å². The van der Waals surface area contributed by atoms with Crippen LogP contribution in [-0.2, 0) is 16.1 Å². The zero-order chi connectivity index (χ0) is 14.9. The molecule has 1 atom stereocenters. The number of amides is 1. The molecule has 114 valence electrons. The van der Waals surface area contributed by atoms with Crippen LogP contribution in [-0.4, -0.2) is 37.8 Å². The van der Waals surface area contributed by atoms with Gasteiger partial charge in [0, 0.05) is 18.6 Å². The van der Waals surface area contributed by atoms with E-state index in [1.54, 1.807) is 7.11 Å². The summed E-state index contributed by atoms with van der Waals surface area (Å²) in [6, 6.07) is 5.75. The summed E-state index contributed by atoms with van der Waals surface area (Å²) in [4.78, 5) is 12.1. The third-order valence-corrected chi connectivity index (χ3v) is 4.67. The summed E-state index contributed by atoms with van der Waals surface area (Å²) in [6.07, 6.45) is 1.92.